The summed E-state index contributed by atoms with van der Waals surface area (Å²) in [6.07, 6.45) is 2.77. The molecule has 1 saturated heterocycles. The van der Waals surface area contributed by atoms with E-state index in [4.69, 9.17) is 4.74 Å². The van der Waals surface area contributed by atoms with Gasteiger partial charge in [-0.2, -0.15) is 0 Å². The van der Waals surface area contributed by atoms with Crippen molar-refractivity contribution >= 4 is 12.0 Å². The Morgan fingerprint density at radius 1 is 1.26 bits per heavy atom. The zero-order valence-corrected chi connectivity index (χ0v) is 17.0. The van der Waals surface area contributed by atoms with Crippen LogP contribution in [0.4, 0.5) is 4.79 Å². The maximum Gasteiger partial charge on any atom is 0.417 e. The van der Waals surface area contributed by atoms with Gasteiger partial charge in [-0.05, 0) is 76.7 Å². The molecule has 2 aliphatic carbocycles. The molecule has 0 N–H and O–H groups in total. The summed E-state index contributed by atoms with van der Waals surface area (Å²) in [5, 5.41) is 0. The molecule has 2 amide bonds. The van der Waals surface area contributed by atoms with Crippen molar-refractivity contribution < 1.29 is 14.3 Å². The van der Waals surface area contributed by atoms with Crippen molar-refractivity contribution in [3.8, 4) is 0 Å². The fourth-order valence-electron chi connectivity index (χ4n) is 4.80. The number of rotatable bonds is 3. The molecule has 3 unspecified atom stereocenters. The fraction of sp³-hybridized carbons (Fsp3) is 0.636. The van der Waals surface area contributed by atoms with E-state index in [0.717, 1.165) is 6.42 Å². The summed E-state index contributed by atoms with van der Waals surface area (Å²) in [5.74, 6) is 0.477. The summed E-state index contributed by atoms with van der Waals surface area (Å²) in [5.41, 5.74) is 3.25. The number of fused-ring (bicyclic) bond motifs is 3. The lowest BCUT2D eigenvalue weighted by Crippen LogP contribution is -2.41. The molecular weight excluding hydrogens is 340 g/mol. The summed E-state index contributed by atoms with van der Waals surface area (Å²) in [6, 6.07) is 6.32. The van der Waals surface area contributed by atoms with Gasteiger partial charge in [0.2, 0.25) is 5.91 Å². The highest BCUT2D eigenvalue weighted by atomic mass is 16.6. The lowest BCUT2D eigenvalue weighted by atomic mass is 9.89. The molecule has 0 aromatic heterocycles. The predicted molar refractivity (Wildman–Crippen MR) is 103 cm³/mol. The Labute approximate surface area is 161 Å². The predicted octanol–water partition coefficient (Wildman–Crippen LogP) is 3.73. The number of nitrogens with zero attached hydrogens (tertiary/aromatic N) is 2. The number of likely N-dealkylation sites (tertiary alicyclic amines) is 1. The highest BCUT2D eigenvalue weighted by molar-refractivity contribution is 5.97. The third-order valence-corrected chi connectivity index (χ3v) is 5.91. The molecule has 1 aliphatic heterocycles. The van der Waals surface area contributed by atoms with Gasteiger partial charge in [0.15, 0.2) is 0 Å². The van der Waals surface area contributed by atoms with Crippen molar-refractivity contribution in [2.45, 2.75) is 57.6 Å². The molecule has 1 aromatic rings. The van der Waals surface area contributed by atoms with Crippen molar-refractivity contribution in [1.29, 1.82) is 0 Å². The number of amides is 2. The zero-order chi connectivity index (χ0) is 19.5. The lowest BCUT2D eigenvalue weighted by Gasteiger charge is -2.28. The molecule has 1 saturated carbocycles. The van der Waals surface area contributed by atoms with E-state index in [1.165, 1.54) is 34.4 Å². The Hall–Kier alpha value is -1.88. The molecule has 1 aromatic carbocycles. The van der Waals surface area contributed by atoms with Gasteiger partial charge in [-0.3, -0.25) is 4.79 Å². The van der Waals surface area contributed by atoms with E-state index in [1.807, 2.05) is 39.8 Å². The van der Waals surface area contributed by atoms with Crippen molar-refractivity contribution in [3.05, 3.63) is 34.9 Å². The second-order valence-electron chi connectivity index (χ2n) is 9.56. The molecule has 0 bridgehead atoms. The van der Waals surface area contributed by atoms with Crippen LogP contribution >= 0.6 is 0 Å². The molecule has 146 valence electrons. The van der Waals surface area contributed by atoms with Crippen molar-refractivity contribution in [2.24, 2.45) is 11.8 Å². The molecule has 3 aliphatic rings. The van der Waals surface area contributed by atoms with E-state index >= 15 is 0 Å². The van der Waals surface area contributed by atoms with E-state index in [9.17, 15) is 9.59 Å². The summed E-state index contributed by atoms with van der Waals surface area (Å²) in [7, 11) is 3.96. The van der Waals surface area contributed by atoms with E-state index in [-0.39, 0.29) is 23.8 Å². The van der Waals surface area contributed by atoms with Crippen molar-refractivity contribution in [3.63, 3.8) is 0 Å². The van der Waals surface area contributed by atoms with Crippen LogP contribution in [0.25, 0.3) is 0 Å². The average Bonchev–Trinajstić information content (AvgIpc) is 3.27. The highest BCUT2D eigenvalue weighted by Crippen LogP contribution is 2.55. The van der Waals surface area contributed by atoms with Gasteiger partial charge >= 0.3 is 6.09 Å². The average molecular weight is 370 g/mol. The van der Waals surface area contributed by atoms with Gasteiger partial charge in [-0.15, -0.1) is 0 Å². The van der Waals surface area contributed by atoms with E-state index < -0.39 is 11.7 Å². The first-order valence-electron chi connectivity index (χ1n) is 10.00. The third-order valence-electron chi connectivity index (χ3n) is 5.91. The first-order chi connectivity index (χ1) is 12.7. The van der Waals surface area contributed by atoms with Crippen LogP contribution in [0.3, 0.4) is 0 Å². The quantitative estimate of drug-likeness (QED) is 0.813. The molecule has 5 heteroatoms. The summed E-state index contributed by atoms with van der Waals surface area (Å²) in [4.78, 5) is 29.8. The molecule has 4 rings (SSSR count). The molecule has 5 nitrogen and oxygen atoms in total. The van der Waals surface area contributed by atoms with Crippen LogP contribution in [0, 0.1) is 11.8 Å². The number of hydrogen-bond acceptors (Lipinski definition) is 4. The second kappa shape index (κ2) is 6.33. The van der Waals surface area contributed by atoms with E-state index in [1.54, 1.807) is 0 Å². The van der Waals surface area contributed by atoms with Gasteiger partial charge in [0.25, 0.3) is 0 Å². The molecule has 0 spiro atoms. The molecule has 1 heterocycles. The van der Waals surface area contributed by atoms with Gasteiger partial charge < -0.3 is 9.64 Å². The van der Waals surface area contributed by atoms with Gasteiger partial charge in [-0.25, -0.2) is 9.69 Å². The molecule has 3 atom stereocenters. The van der Waals surface area contributed by atoms with Crippen LogP contribution in [0.15, 0.2) is 18.2 Å². The Kier molecular flexibility index (Phi) is 4.34. The topological polar surface area (TPSA) is 49.9 Å². The van der Waals surface area contributed by atoms with Crippen molar-refractivity contribution in [2.75, 3.05) is 20.6 Å². The lowest BCUT2D eigenvalue weighted by molar-refractivity contribution is -0.131. The zero-order valence-electron chi connectivity index (χ0n) is 17.0. The Balaban J connectivity index is 1.76. The van der Waals surface area contributed by atoms with Crippen LogP contribution in [0.5, 0.6) is 0 Å². The summed E-state index contributed by atoms with van der Waals surface area (Å²) in [6.45, 7) is 6.20. The Morgan fingerprint density at radius 3 is 2.56 bits per heavy atom. The minimum Gasteiger partial charge on any atom is -0.443 e. The highest BCUT2D eigenvalue weighted by Gasteiger charge is 2.56. The van der Waals surface area contributed by atoms with Crippen LogP contribution in [0.1, 0.15) is 62.3 Å². The second-order valence-corrected chi connectivity index (χ2v) is 9.56. The van der Waals surface area contributed by atoms with E-state index in [2.05, 4.69) is 18.2 Å². The summed E-state index contributed by atoms with van der Waals surface area (Å²) >= 11 is 0. The molecule has 2 fully saturated rings. The first-order valence-corrected chi connectivity index (χ1v) is 10.00. The normalized spacial score (nSPS) is 27.1. The summed E-state index contributed by atoms with van der Waals surface area (Å²) < 4.78 is 5.64. The number of hydrogen-bond donors (Lipinski definition) is 0. The van der Waals surface area contributed by atoms with Crippen LogP contribution in [-0.4, -0.2) is 48.0 Å². The molecular formula is C22H30N2O3. The molecule has 0 radical (unpaired) electrons. The fourth-order valence-corrected chi connectivity index (χ4v) is 4.80. The Morgan fingerprint density at radius 2 is 1.96 bits per heavy atom. The van der Waals surface area contributed by atoms with Crippen LogP contribution in [0.2, 0.25) is 0 Å². The van der Waals surface area contributed by atoms with E-state index in [0.29, 0.717) is 12.5 Å². The smallest absolute Gasteiger partial charge is 0.417 e. The number of ether oxygens (including phenoxy) is 1. The monoisotopic (exact) mass is 370 g/mol. The first kappa shape index (κ1) is 18.5. The van der Waals surface area contributed by atoms with Gasteiger partial charge in [0, 0.05) is 12.5 Å². The third kappa shape index (κ3) is 3.27. The van der Waals surface area contributed by atoms with Crippen LogP contribution < -0.4 is 0 Å². The standard InChI is InChI=1S/C22H30N2O3/c1-22(2,3)27-21(26)24-19-16(17(20(24)25)12-23(4)5)11-14-7-6-8-15(18(14)19)13-9-10-13/h6-8,13,16-17,19H,9-12H2,1-5H3. The van der Waals surface area contributed by atoms with Crippen LogP contribution in [-0.2, 0) is 16.0 Å². The number of carbonyl (C=O) groups is 2. The number of benzene rings is 1. The number of carbonyl (C=O) groups excluding carboxylic acids is 2. The minimum absolute atomic E-state index is 0.0794. The van der Waals surface area contributed by atoms with Gasteiger partial charge in [-0.1, -0.05) is 18.2 Å². The largest absolute Gasteiger partial charge is 0.443 e. The van der Waals surface area contributed by atoms with Gasteiger partial charge in [0.05, 0.1) is 12.0 Å². The van der Waals surface area contributed by atoms with Crippen molar-refractivity contribution in [1.82, 2.24) is 9.80 Å². The van der Waals surface area contributed by atoms with Gasteiger partial charge in [0.1, 0.15) is 5.60 Å². The maximum absolute atomic E-state index is 13.3. The molecule has 27 heavy (non-hydrogen) atoms. The maximum atomic E-state index is 13.3. The Bertz CT molecular complexity index is 776. The number of imide groups is 1. The minimum atomic E-state index is -0.621. The SMILES string of the molecule is CN(C)CC1C(=O)N(C(=O)OC(C)(C)C)C2c3c(cccc3C3CC3)CC12.